The van der Waals surface area contributed by atoms with Crippen LogP contribution in [0.2, 0.25) is 0 Å². The number of nitrogens with zero attached hydrogens (tertiary/aromatic N) is 4. The molecule has 0 aliphatic carbocycles. The van der Waals surface area contributed by atoms with Crippen LogP contribution in [-0.2, 0) is 16.1 Å². The Kier molecular flexibility index (Phi) is 4.99. The van der Waals surface area contributed by atoms with E-state index in [-0.39, 0.29) is 11.8 Å². The first-order valence-electron chi connectivity index (χ1n) is 9.17. The van der Waals surface area contributed by atoms with Crippen LogP contribution in [0.25, 0.3) is 11.5 Å². The minimum atomic E-state index is 0.0357. The van der Waals surface area contributed by atoms with Gasteiger partial charge < -0.3 is 14.2 Å². The fraction of sp³-hybridized carbons (Fsp3) is 0.526. The molecule has 0 spiro atoms. The Bertz CT molecular complexity index is 742. The predicted octanol–water partition coefficient (Wildman–Crippen LogP) is 1.66. The third kappa shape index (κ3) is 3.64. The standard InChI is InChI=1S/C19H24N4O3/c1-14-11-22(12-16(14)19(24)23-7-9-25-10-8-23)13-17-20-18(26-21-17)15-5-3-2-4-6-15/h2-6,14,16H,7-13H2,1H3/t14-,16-/m1/s1. The van der Waals surface area contributed by atoms with Crippen LogP contribution in [-0.4, -0.2) is 65.2 Å². The average molecular weight is 356 g/mol. The quantitative estimate of drug-likeness (QED) is 0.830. The van der Waals surface area contributed by atoms with Crippen LogP contribution in [0.15, 0.2) is 34.9 Å². The maximum Gasteiger partial charge on any atom is 0.257 e. The van der Waals surface area contributed by atoms with Crippen molar-refractivity contribution in [2.75, 3.05) is 39.4 Å². The summed E-state index contributed by atoms with van der Waals surface area (Å²) >= 11 is 0. The largest absolute Gasteiger partial charge is 0.378 e. The minimum absolute atomic E-state index is 0.0357. The first-order chi connectivity index (χ1) is 12.7. The van der Waals surface area contributed by atoms with Gasteiger partial charge in [0.15, 0.2) is 5.82 Å². The number of amides is 1. The Labute approximate surface area is 152 Å². The monoisotopic (exact) mass is 356 g/mol. The Morgan fingerprint density at radius 2 is 1.96 bits per heavy atom. The fourth-order valence-electron chi connectivity index (χ4n) is 3.75. The van der Waals surface area contributed by atoms with E-state index in [0.717, 1.165) is 18.7 Å². The molecule has 26 heavy (non-hydrogen) atoms. The summed E-state index contributed by atoms with van der Waals surface area (Å²) in [6.45, 7) is 7.05. The summed E-state index contributed by atoms with van der Waals surface area (Å²) in [4.78, 5) is 21.5. The molecule has 2 saturated heterocycles. The Balaban J connectivity index is 1.38. The second-order valence-electron chi connectivity index (χ2n) is 7.10. The molecule has 0 radical (unpaired) electrons. The van der Waals surface area contributed by atoms with Gasteiger partial charge in [-0.2, -0.15) is 4.98 Å². The summed E-state index contributed by atoms with van der Waals surface area (Å²) in [7, 11) is 0. The molecule has 1 aromatic carbocycles. The predicted molar refractivity (Wildman–Crippen MR) is 95.1 cm³/mol. The Morgan fingerprint density at radius 1 is 1.19 bits per heavy atom. The van der Waals surface area contributed by atoms with Crippen molar-refractivity contribution in [3.05, 3.63) is 36.2 Å². The highest BCUT2D eigenvalue weighted by atomic mass is 16.5. The zero-order valence-electron chi connectivity index (χ0n) is 15.0. The van der Waals surface area contributed by atoms with Crippen LogP contribution >= 0.6 is 0 Å². The number of morpholine rings is 1. The summed E-state index contributed by atoms with van der Waals surface area (Å²) < 4.78 is 10.7. The van der Waals surface area contributed by atoms with Crippen LogP contribution in [0.3, 0.4) is 0 Å². The molecule has 0 bridgehead atoms. The van der Waals surface area contributed by atoms with Crippen molar-refractivity contribution in [3.63, 3.8) is 0 Å². The SMILES string of the molecule is C[C@@H]1CN(Cc2noc(-c3ccccc3)n2)C[C@H]1C(=O)N1CCOCC1. The van der Waals surface area contributed by atoms with Crippen LogP contribution in [0.4, 0.5) is 0 Å². The lowest BCUT2D eigenvalue weighted by Crippen LogP contribution is -2.45. The Hall–Kier alpha value is -2.25. The first-order valence-corrected chi connectivity index (χ1v) is 9.17. The molecule has 0 saturated carbocycles. The van der Waals surface area contributed by atoms with E-state index in [2.05, 4.69) is 22.0 Å². The second-order valence-corrected chi connectivity index (χ2v) is 7.10. The second kappa shape index (κ2) is 7.55. The third-order valence-corrected chi connectivity index (χ3v) is 5.18. The number of benzene rings is 1. The van der Waals surface area contributed by atoms with Gasteiger partial charge in [0.2, 0.25) is 5.91 Å². The van der Waals surface area contributed by atoms with Crippen molar-refractivity contribution < 1.29 is 14.1 Å². The maximum atomic E-state index is 12.8. The zero-order chi connectivity index (χ0) is 17.9. The van der Waals surface area contributed by atoms with E-state index in [1.54, 1.807) is 0 Å². The normalized spacial score (nSPS) is 24.1. The van der Waals surface area contributed by atoms with E-state index in [9.17, 15) is 4.79 Å². The molecule has 2 aliphatic rings. The summed E-state index contributed by atoms with van der Waals surface area (Å²) in [5, 5.41) is 4.10. The van der Waals surface area contributed by atoms with Crippen molar-refractivity contribution in [2.24, 2.45) is 11.8 Å². The molecule has 2 aromatic rings. The maximum absolute atomic E-state index is 12.8. The average Bonchev–Trinajstić information content (AvgIpc) is 3.29. The van der Waals surface area contributed by atoms with Gasteiger partial charge in [-0.1, -0.05) is 30.3 Å². The fourth-order valence-corrected chi connectivity index (χ4v) is 3.75. The van der Waals surface area contributed by atoms with Crippen LogP contribution < -0.4 is 0 Å². The lowest BCUT2D eigenvalue weighted by atomic mass is 9.96. The number of hydrogen-bond donors (Lipinski definition) is 0. The van der Waals surface area contributed by atoms with Crippen LogP contribution in [0.1, 0.15) is 12.7 Å². The molecule has 1 aromatic heterocycles. The highest BCUT2D eigenvalue weighted by Crippen LogP contribution is 2.27. The van der Waals surface area contributed by atoms with Gasteiger partial charge in [0, 0.05) is 31.7 Å². The summed E-state index contributed by atoms with van der Waals surface area (Å²) in [5.74, 6) is 1.81. The number of ether oxygens (including phenoxy) is 1. The van der Waals surface area contributed by atoms with Gasteiger partial charge in [0.25, 0.3) is 5.89 Å². The molecule has 3 heterocycles. The Morgan fingerprint density at radius 3 is 2.73 bits per heavy atom. The summed E-state index contributed by atoms with van der Waals surface area (Å²) in [6, 6.07) is 9.75. The molecular weight excluding hydrogens is 332 g/mol. The van der Waals surface area contributed by atoms with Crippen molar-refractivity contribution in [1.29, 1.82) is 0 Å². The lowest BCUT2D eigenvalue weighted by molar-refractivity contribution is -0.140. The van der Waals surface area contributed by atoms with Gasteiger partial charge in [-0.15, -0.1) is 0 Å². The minimum Gasteiger partial charge on any atom is -0.378 e. The summed E-state index contributed by atoms with van der Waals surface area (Å²) in [5.41, 5.74) is 0.918. The van der Waals surface area contributed by atoms with Gasteiger partial charge in [-0.05, 0) is 18.1 Å². The van der Waals surface area contributed by atoms with E-state index in [4.69, 9.17) is 9.26 Å². The molecule has 7 nitrogen and oxygen atoms in total. The van der Waals surface area contributed by atoms with E-state index >= 15 is 0 Å². The van der Waals surface area contributed by atoms with Gasteiger partial charge >= 0.3 is 0 Å². The molecule has 0 unspecified atom stereocenters. The van der Waals surface area contributed by atoms with Crippen molar-refractivity contribution in [3.8, 4) is 11.5 Å². The molecule has 2 atom stereocenters. The zero-order valence-corrected chi connectivity index (χ0v) is 15.0. The molecule has 1 amide bonds. The number of rotatable bonds is 4. The van der Waals surface area contributed by atoms with Crippen molar-refractivity contribution in [2.45, 2.75) is 13.5 Å². The number of carbonyl (C=O) groups excluding carboxylic acids is 1. The van der Waals surface area contributed by atoms with E-state index in [0.29, 0.717) is 50.5 Å². The molecule has 138 valence electrons. The topological polar surface area (TPSA) is 71.7 Å². The van der Waals surface area contributed by atoms with Gasteiger partial charge in [0.1, 0.15) is 0 Å². The molecule has 4 rings (SSSR count). The molecule has 0 N–H and O–H groups in total. The number of hydrogen-bond acceptors (Lipinski definition) is 6. The molecule has 2 aliphatic heterocycles. The van der Waals surface area contributed by atoms with Crippen molar-refractivity contribution >= 4 is 5.91 Å². The van der Waals surface area contributed by atoms with E-state index in [1.165, 1.54) is 0 Å². The van der Waals surface area contributed by atoms with Gasteiger partial charge in [-0.25, -0.2) is 0 Å². The number of likely N-dealkylation sites (tertiary alicyclic amines) is 1. The van der Waals surface area contributed by atoms with Gasteiger partial charge in [-0.3, -0.25) is 9.69 Å². The smallest absolute Gasteiger partial charge is 0.257 e. The third-order valence-electron chi connectivity index (χ3n) is 5.18. The summed E-state index contributed by atoms with van der Waals surface area (Å²) in [6.07, 6.45) is 0. The highest BCUT2D eigenvalue weighted by molar-refractivity contribution is 5.79. The number of carbonyl (C=O) groups is 1. The molecular formula is C19H24N4O3. The first kappa shape index (κ1) is 17.2. The van der Waals surface area contributed by atoms with Crippen LogP contribution in [0.5, 0.6) is 0 Å². The lowest BCUT2D eigenvalue weighted by Gasteiger charge is -2.30. The van der Waals surface area contributed by atoms with Crippen molar-refractivity contribution in [1.82, 2.24) is 19.9 Å². The number of aromatic nitrogens is 2. The molecule has 7 heteroatoms. The van der Waals surface area contributed by atoms with Gasteiger partial charge in [0.05, 0.1) is 25.7 Å². The van der Waals surface area contributed by atoms with E-state index in [1.807, 2.05) is 35.2 Å². The molecule has 2 fully saturated rings. The van der Waals surface area contributed by atoms with E-state index < -0.39 is 0 Å². The van der Waals surface area contributed by atoms with Crippen LogP contribution in [0, 0.1) is 11.8 Å². The highest BCUT2D eigenvalue weighted by Gasteiger charge is 2.37.